The zero-order chi connectivity index (χ0) is 20.2. The third kappa shape index (κ3) is 4.95. The van der Waals surface area contributed by atoms with Gasteiger partial charge in [0.1, 0.15) is 0 Å². The molecule has 2 amide bonds. The number of amides is 2. The van der Waals surface area contributed by atoms with Crippen molar-refractivity contribution < 1.29 is 9.59 Å². The summed E-state index contributed by atoms with van der Waals surface area (Å²) in [5.74, 6) is -0.118. The number of anilines is 2. The first kappa shape index (κ1) is 19.9. The van der Waals surface area contributed by atoms with Crippen molar-refractivity contribution in [3.05, 3.63) is 62.8 Å². The molecule has 2 aromatic heterocycles. The molecule has 0 saturated carbocycles. The molecular weight excluding hydrogens is 428 g/mol. The van der Waals surface area contributed by atoms with Crippen LogP contribution in [-0.2, 0) is 11.2 Å². The van der Waals surface area contributed by atoms with E-state index in [2.05, 4.69) is 15.2 Å². The molecule has 3 heterocycles. The van der Waals surface area contributed by atoms with E-state index < -0.39 is 0 Å². The Labute approximate surface area is 181 Å². The minimum absolute atomic E-state index is 0.0576. The molecule has 3 aromatic rings. The van der Waals surface area contributed by atoms with E-state index in [-0.39, 0.29) is 18.2 Å². The SMILES string of the molecule is O=C(Nc1nc(CC(=O)N2CCN(c3ccc(Cl)cc3)CC2)cs1)c1cccs1. The third-order valence-electron chi connectivity index (χ3n) is 4.67. The van der Waals surface area contributed by atoms with Crippen molar-refractivity contribution in [3.8, 4) is 0 Å². The molecule has 1 fully saturated rings. The fourth-order valence-electron chi connectivity index (χ4n) is 3.14. The Hall–Kier alpha value is -2.42. The van der Waals surface area contributed by atoms with E-state index in [1.54, 1.807) is 6.07 Å². The Kier molecular flexibility index (Phi) is 6.13. The van der Waals surface area contributed by atoms with Crippen molar-refractivity contribution in [2.75, 3.05) is 36.4 Å². The Morgan fingerprint density at radius 2 is 1.83 bits per heavy atom. The van der Waals surface area contributed by atoms with Gasteiger partial charge < -0.3 is 9.80 Å². The predicted molar refractivity (Wildman–Crippen MR) is 118 cm³/mol. The number of carbonyl (C=O) groups is 2. The first-order valence-electron chi connectivity index (χ1n) is 9.16. The highest BCUT2D eigenvalue weighted by Gasteiger charge is 2.22. The van der Waals surface area contributed by atoms with Gasteiger partial charge in [0.15, 0.2) is 5.13 Å². The summed E-state index contributed by atoms with van der Waals surface area (Å²) in [6.45, 7) is 2.92. The normalized spacial score (nSPS) is 14.1. The number of carbonyl (C=O) groups excluding carboxylic acids is 2. The summed E-state index contributed by atoms with van der Waals surface area (Å²) >= 11 is 8.66. The zero-order valence-corrected chi connectivity index (χ0v) is 17.9. The third-order valence-corrected chi connectivity index (χ3v) is 6.60. The molecule has 1 saturated heterocycles. The van der Waals surface area contributed by atoms with Crippen LogP contribution >= 0.6 is 34.3 Å². The molecule has 1 aromatic carbocycles. The van der Waals surface area contributed by atoms with Gasteiger partial charge in [-0.25, -0.2) is 4.98 Å². The van der Waals surface area contributed by atoms with Crippen molar-refractivity contribution in [2.24, 2.45) is 0 Å². The van der Waals surface area contributed by atoms with E-state index in [0.29, 0.717) is 28.8 Å². The average molecular weight is 447 g/mol. The van der Waals surface area contributed by atoms with Gasteiger partial charge >= 0.3 is 0 Å². The van der Waals surface area contributed by atoms with Gasteiger partial charge in [-0.2, -0.15) is 0 Å². The number of rotatable bonds is 5. The first-order valence-corrected chi connectivity index (χ1v) is 11.3. The van der Waals surface area contributed by atoms with Gasteiger partial charge in [-0.3, -0.25) is 14.9 Å². The Morgan fingerprint density at radius 1 is 1.07 bits per heavy atom. The van der Waals surface area contributed by atoms with E-state index in [4.69, 9.17) is 11.6 Å². The molecule has 0 radical (unpaired) electrons. The van der Waals surface area contributed by atoms with Gasteiger partial charge in [0.25, 0.3) is 5.91 Å². The number of aromatic nitrogens is 1. The summed E-state index contributed by atoms with van der Waals surface area (Å²) in [6.07, 6.45) is 0.242. The zero-order valence-electron chi connectivity index (χ0n) is 15.5. The van der Waals surface area contributed by atoms with E-state index in [9.17, 15) is 9.59 Å². The predicted octanol–water partition coefficient (Wildman–Crippen LogP) is 4.00. The maximum absolute atomic E-state index is 12.6. The van der Waals surface area contributed by atoms with Crippen LogP contribution in [0.25, 0.3) is 0 Å². The number of nitrogens with one attached hydrogen (secondary N) is 1. The second-order valence-corrected chi connectivity index (χ2v) is 8.84. The van der Waals surface area contributed by atoms with Crippen molar-refractivity contribution in [1.82, 2.24) is 9.88 Å². The van der Waals surface area contributed by atoms with Crippen molar-refractivity contribution >= 4 is 56.9 Å². The summed E-state index contributed by atoms with van der Waals surface area (Å²) in [7, 11) is 0. The van der Waals surface area contributed by atoms with Crippen molar-refractivity contribution in [1.29, 1.82) is 0 Å². The lowest BCUT2D eigenvalue weighted by molar-refractivity contribution is -0.130. The molecule has 0 aliphatic carbocycles. The monoisotopic (exact) mass is 446 g/mol. The van der Waals surface area contributed by atoms with Gasteiger partial charge in [0, 0.05) is 42.3 Å². The lowest BCUT2D eigenvalue weighted by Gasteiger charge is -2.36. The molecule has 1 aliphatic heterocycles. The highest BCUT2D eigenvalue weighted by molar-refractivity contribution is 7.14. The van der Waals surface area contributed by atoms with E-state index in [1.807, 2.05) is 46.0 Å². The van der Waals surface area contributed by atoms with Crippen LogP contribution in [0, 0.1) is 0 Å². The number of thiophene rings is 1. The quantitative estimate of drug-likeness (QED) is 0.643. The topological polar surface area (TPSA) is 65.5 Å². The van der Waals surface area contributed by atoms with Crippen LogP contribution in [-0.4, -0.2) is 47.9 Å². The number of thiazole rings is 1. The Balaban J connectivity index is 1.28. The van der Waals surface area contributed by atoms with E-state index in [1.165, 1.54) is 22.7 Å². The van der Waals surface area contributed by atoms with Crippen LogP contribution in [0.15, 0.2) is 47.2 Å². The standard InChI is InChI=1S/C20H19ClN4O2S2/c21-14-3-5-16(6-4-14)24-7-9-25(10-8-24)18(26)12-15-13-29-20(22-15)23-19(27)17-2-1-11-28-17/h1-6,11,13H,7-10,12H2,(H,22,23,27). The summed E-state index contributed by atoms with van der Waals surface area (Å²) < 4.78 is 0. The molecule has 1 aliphatic rings. The van der Waals surface area contributed by atoms with Crippen LogP contribution in [0.3, 0.4) is 0 Å². The lowest BCUT2D eigenvalue weighted by atomic mass is 10.2. The molecule has 4 rings (SSSR count). The molecule has 0 spiro atoms. The van der Waals surface area contributed by atoms with Crippen LogP contribution in [0.2, 0.25) is 5.02 Å². The maximum Gasteiger partial charge on any atom is 0.267 e. The largest absolute Gasteiger partial charge is 0.368 e. The second-order valence-electron chi connectivity index (χ2n) is 6.60. The number of hydrogen-bond acceptors (Lipinski definition) is 6. The summed E-state index contributed by atoms with van der Waals surface area (Å²) in [4.78, 5) is 33.9. The molecule has 0 bridgehead atoms. The number of halogens is 1. The lowest BCUT2D eigenvalue weighted by Crippen LogP contribution is -2.49. The van der Waals surface area contributed by atoms with E-state index >= 15 is 0 Å². The van der Waals surface area contributed by atoms with Crippen LogP contribution in [0.5, 0.6) is 0 Å². The number of benzene rings is 1. The Bertz CT molecular complexity index is 980. The maximum atomic E-state index is 12.6. The van der Waals surface area contributed by atoms with Gasteiger partial charge in [-0.15, -0.1) is 22.7 Å². The molecule has 0 unspecified atom stereocenters. The number of hydrogen-bond donors (Lipinski definition) is 1. The van der Waals surface area contributed by atoms with Crippen LogP contribution in [0.1, 0.15) is 15.4 Å². The van der Waals surface area contributed by atoms with Gasteiger partial charge in [-0.05, 0) is 35.7 Å². The molecule has 6 nitrogen and oxygen atoms in total. The molecule has 9 heteroatoms. The minimum Gasteiger partial charge on any atom is -0.368 e. The number of nitrogens with zero attached hydrogens (tertiary/aromatic N) is 3. The Morgan fingerprint density at radius 3 is 2.52 bits per heavy atom. The van der Waals surface area contributed by atoms with Crippen LogP contribution < -0.4 is 10.2 Å². The van der Waals surface area contributed by atoms with Crippen LogP contribution in [0.4, 0.5) is 10.8 Å². The van der Waals surface area contributed by atoms with Gasteiger partial charge in [0.05, 0.1) is 17.0 Å². The minimum atomic E-state index is -0.175. The van der Waals surface area contributed by atoms with Crippen molar-refractivity contribution in [2.45, 2.75) is 6.42 Å². The van der Waals surface area contributed by atoms with Gasteiger partial charge in [-0.1, -0.05) is 17.7 Å². The highest BCUT2D eigenvalue weighted by atomic mass is 35.5. The smallest absolute Gasteiger partial charge is 0.267 e. The number of piperazine rings is 1. The fraction of sp³-hybridized carbons (Fsp3) is 0.250. The summed E-state index contributed by atoms with van der Waals surface area (Å²) in [5.41, 5.74) is 1.80. The summed E-state index contributed by atoms with van der Waals surface area (Å²) in [6, 6.07) is 11.4. The molecule has 0 atom stereocenters. The summed E-state index contributed by atoms with van der Waals surface area (Å²) in [5, 5.41) is 7.70. The molecule has 29 heavy (non-hydrogen) atoms. The van der Waals surface area contributed by atoms with Crippen molar-refractivity contribution in [3.63, 3.8) is 0 Å². The van der Waals surface area contributed by atoms with Gasteiger partial charge in [0.2, 0.25) is 5.91 Å². The first-order chi connectivity index (χ1) is 14.1. The van der Waals surface area contributed by atoms with E-state index in [0.717, 1.165) is 23.8 Å². The molecule has 150 valence electrons. The molecule has 1 N–H and O–H groups in total. The highest BCUT2D eigenvalue weighted by Crippen LogP contribution is 2.21. The second kappa shape index (κ2) is 8.94. The fourth-order valence-corrected chi connectivity index (χ4v) is 4.59. The average Bonchev–Trinajstić information content (AvgIpc) is 3.41. The molecular formula is C20H19ClN4O2S2.